The number of piperidine rings is 1. The zero-order chi connectivity index (χ0) is 13.8. The quantitative estimate of drug-likeness (QED) is 0.805. The molecule has 1 saturated heterocycles. The lowest BCUT2D eigenvalue weighted by molar-refractivity contribution is 0.0569. The molecular formula is C16H34N2. The molecule has 0 spiro atoms. The van der Waals surface area contributed by atoms with Crippen LogP contribution >= 0.6 is 0 Å². The maximum absolute atomic E-state index is 3.57. The molecule has 0 aromatic carbocycles. The Morgan fingerprint density at radius 2 is 1.56 bits per heavy atom. The van der Waals surface area contributed by atoms with Crippen LogP contribution in [0.2, 0.25) is 0 Å². The van der Waals surface area contributed by atoms with Crippen LogP contribution in [0.25, 0.3) is 0 Å². The number of hydrogen-bond acceptors (Lipinski definition) is 2. The first kappa shape index (κ1) is 16.0. The van der Waals surface area contributed by atoms with Crippen molar-refractivity contribution in [1.29, 1.82) is 0 Å². The second-order valence-corrected chi connectivity index (χ2v) is 7.64. The van der Waals surface area contributed by atoms with Gasteiger partial charge in [-0.25, -0.2) is 0 Å². The monoisotopic (exact) mass is 254 g/mol. The molecule has 108 valence electrons. The van der Waals surface area contributed by atoms with Crippen LogP contribution < -0.4 is 5.32 Å². The van der Waals surface area contributed by atoms with E-state index in [-0.39, 0.29) is 5.54 Å². The molecule has 0 bridgehead atoms. The Bertz CT molecular complexity index is 234. The van der Waals surface area contributed by atoms with Crippen LogP contribution in [-0.2, 0) is 0 Å². The smallest absolute Gasteiger partial charge is 0.0306 e. The zero-order valence-electron chi connectivity index (χ0n) is 13.5. The van der Waals surface area contributed by atoms with Crippen LogP contribution in [0.4, 0.5) is 0 Å². The highest BCUT2D eigenvalue weighted by molar-refractivity contribution is 4.94. The van der Waals surface area contributed by atoms with Gasteiger partial charge in [0.05, 0.1) is 0 Å². The number of rotatable bonds is 5. The summed E-state index contributed by atoms with van der Waals surface area (Å²) < 4.78 is 0. The number of hydrogen-bond donors (Lipinski definition) is 1. The Kier molecular flexibility index (Phi) is 5.67. The van der Waals surface area contributed by atoms with Crippen LogP contribution in [0.15, 0.2) is 0 Å². The van der Waals surface area contributed by atoms with Crippen molar-refractivity contribution >= 4 is 0 Å². The van der Waals surface area contributed by atoms with Gasteiger partial charge in [0, 0.05) is 11.6 Å². The third-order valence-corrected chi connectivity index (χ3v) is 4.56. The van der Waals surface area contributed by atoms with Gasteiger partial charge in [-0.2, -0.15) is 0 Å². The SMILES string of the molecule is CNC(CCC(C)(C)C)C(C)(C)N1CCCCC1. The van der Waals surface area contributed by atoms with Crippen molar-refractivity contribution in [2.24, 2.45) is 5.41 Å². The topological polar surface area (TPSA) is 15.3 Å². The highest BCUT2D eigenvalue weighted by Crippen LogP contribution is 2.29. The summed E-state index contributed by atoms with van der Waals surface area (Å²) in [6, 6.07) is 0.592. The van der Waals surface area contributed by atoms with Gasteiger partial charge in [0.1, 0.15) is 0 Å². The van der Waals surface area contributed by atoms with Gasteiger partial charge in [-0.1, -0.05) is 27.2 Å². The summed E-state index contributed by atoms with van der Waals surface area (Å²) >= 11 is 0. The Morgan fingerprint density at radius 1 is 1.00 bits per heavy atom. The minimum atomic E-state index is 0.278. The van der Waals surface area contributed by atoms with Crippen LogP contribution in [0.5, 0.6) is 0 Å². The number of nitrogens with zero attached hydrogens (tertiary/aromatic N) is 1. The minimum Gasteiger partial charge on any atom is -0.315 e. The minimum absolute atomic E-state index is 0.278. The first-order valence-electron chi connectivity index (χ1n) is 7.70. The third-order valence-electron chi connectivity index (χ3n) is 4.56. The van der Waals surface area contributed by atoms with Gasteiger partial charge in [0.15, 0.2) is 0 Å². The molecule has 1 atom stereocenters. The summed E-state index contributed by atoms with van der Waals surface area (Å²) in [5.41, 5.74) is 0.716. The van der Waals surface area contributed by atoms with Crippen LogP contribution in [0.1, 0.15) is 66.7 Å². The molecule has 18 heavy (non-hydrogen) atoms. The Morgan fingerprint density at radius 3 is 2.00 bits per heavy atom. The molecule has 1 N–H and O–H groups in total. The van der Waals surface area contributed by atoms with Gasteiger partial charge in [-0.15, -0.1) is 0 Å². The van der Waals surface area contributed by atoms with Gasteiger partial charge in [0.2, 0.25) is 0 Å². The Balaban J connectivity index is 2.60. The molecule has 1 fully saturated rings. The van der Waals surface area contributed by atoms with Crippen molar-refractivity contribution in [3.63, 3.8) is 0 Å². The maximum Gasteiger partial charge on any atom is 0.0306 e. The van der Waals surface area contributed by atoms with Crippen LogP contribution in [-0.4, -0.2) is 36.6 Å². The largest absolute Gasteiger partial charge is 0.315 e. The van der Waals surface area contributed by atoms with E-state index < -0.39 is 0 Å². The molecule has 0 aliphatic carbocycles. The highest BCUT2D eigenvalue weighted by atomic mass is 15.2. The van der Waals surface area contributed by atoms with E-state index in [2.05, 4.69) is 51.9 Å². The predicted molar refractivity (Wildman–Crippen MR) is 81.0 cm³/mol. The molecule has 0 amide bonds. The molecule has 1 rings (SSSR count). The fraction of sp³-hybridized carbons (Fsp3) is 1.00. The van der Waals surface area contributed by atoms with Gasteiger partial charge in [-0.3, -0.25) is 4.90 Å². The van der Waals surface area contributed by atoms with Crippen molar-refractivity contribution < 1.29 is 0 Å². The third kappa shape index (κ3) is 4.55. The van der Waals surface area contributed by atoms with Gasteiger partial charge < -0.3 is 5.32 Å². The fourth-order valence-electron chi connectivity index (χ4n) is 3.12. The summed E-state index contributed by atoms with van der Waals surface area (Å²) in [6.45, 7) is 14.4. The van der Waals surface area contributed by atoms with Crippen molar-refractivity contribution in [3.05, 3.63) is 0 Å². The van der Waals surface area contributed by atoms with E-state index in [4.69, 9.17) is 0 Å². The summed E-state index contributed by atoms with van der Waals surface area (Å²) in [4.78, 5) is 2.69. The highest BCUT2D eigenvalue weighted by Gasteiger charge is 2.35. The van der Waals surface area contributed by atoms with Crippen LogP contribution in [0, 0.1) is 5.41 Å². The van der Waals surface area contributed by atoms with E-state index in [0.29, 0.717) is 11.5 Å². The van der Waals surface area contributed by atoms with E-state index in [9.17, 15) is 0 Å². The summed E-state index contributed by atoms with van der Waals surface area (Å²) in [7, 11) is 2.12. The molecule has 1 aliphatic heterocycles. The summed E-state index contributed by atoms with van der Waals surface area (Å²) in [6.07, 6.45) is 6.72. The van der Waals surface area contributed by atoms with Crippen molar-refractivity contribution in [2.45, 2.75) is 78.3 Å². The van der Waals surface area contributed by atoms with E-state index in [1.807, 2.05) is 0 Å². The Hall–Kier alpha value is -0.0800. The number of nitrogens with one attached hydrogen (secondary N) is 1. The predicted octanol–water partition coefficient (Wildman–Crippen LogP) is 3.67. The average Bonchev–Trinajstić information content (AvgIpc) is 2.29. The molecule has 2 heteroatoms. The first-order valence-corrected chi connectivity index (χ1v) is 7.70. The number of likely N-dealkylation sites (N-methyl/N-ethyl adjacent to an activating group) is 1. The second-order valence-electron chi connectivity index (χ2n) is 7.64. The van der Waals surface area contributed by atoms with Crippen molar-refractivity contribution in [3.8, 4) is 0 Å². The van der Waals surface area contributed by atoms with Crippen molar-refractivity contribution in [2.75, 3.05) is 20.1 Å². The van der Waals surface area contributed by atoms with E-state index in [1.165, 1.54) is 45.2 Å². The normalized spacial score (nSPS) is 21.0. The molecule has 0 radical (unpaired) electrons. The summed E-state index contributed by atoms with van der Waals surface area (Å²) in [5, 5.41) is 3.57. The van der Waals surface area contributed by atoms with E-state index >= 15 is 0 Å². The molecule has 2 nitrogen and oxygen atoms in total. The molecule has 0 aromatic heterocycles. The van der Waals surface area contributed by atoms with Gasteiger partial charge >= 0.3 is 0 Å². The lowest BCUT2D eigenvalue weighted by atomic mass is 9.82. The number of likely N-dealkylation sites (tertiary alicyclic amines) is 1. The zero-order valence-corrected chi connectivity index (χ0v) is 13.5. The van der Waals surface area contributed by atoms with E-state index in [0.717, 1.165) is 0 Å². The lowest BCUT2D eigenvalue weighted by Gasteiger charge is -2.46. The van der Waals surface area contributed by atoms with E-state index in [1.54, 1.807) is 0 Å². The first-order chi connectivity index (χ1) is 8.27. The molecular weight excluding hydrogens is 220 g/mol. The fourth-order valence-corrected chi connectivity index (χ4v) is 3.12. The molecule has 0 aromatic rings. The molecule has 1 heterocycles. The Labute approximate surface area is 115 Å². The molecule has 1 unspecified atom stereocenters. The average molecular weight is 254 g/mol. The van der Waals surface area contributed by atoms with Crippen molar-refractivity contribution in [1.82, 2.24) is 10.2 Å². The standard InChI is InChI=1S/C16H34N2/c1-15(2,3)11-10-14(17-6)16(4,5)18-12-8-7-9-13-18/h14,17H,7-13H2,1-6H3. The maximum atomic E-state index is 3.57. The molecule has 0 saturated carbocycles. The lowest BCUT2D eigenvalue weighted by Crippen LogP contribution is -2.58. The van der Waals surface area contributed by atoms with Gasteiger partial charge in [-0.05, 0) is 65.1 Å². The van der Waals surface area contributed by atoms with Gasteiger partial charge in [0.25, 0.3) is 0 Å². The molecule has 1 aliphatic rings. The second kappa shape index (κ2) is 6.38. The van der Waals surface area contributed by atoms with Crippen LogP contribution in [0.3, 0.4) is 0 Å². The summed E-state index contributed by atoms with van der Waals surface area (Å²) in [5.74, 6) is 0.